The average Bonchev–Trinajstić information content (AvgIpc) is 2.41. The Morgan fingerprint density at radius 3 is 2.29 bits per heavy atom. The van der Waals surface area contributed by atoms with Crippen LogP contribution in [-0.2, 0) is 17.5 Å². The standard InChI is InChI=1S/C13H15F3N2O3/c1-18(7-6-11(19)20)12(21)17-8-9-2-4-10(5-3-9)13(14,15)16/h2-5H,6-8H2,1H3,(H,17,21)(H,19,20). The topological polar surface area (TPSA) is 69.6 Å². The van der Waals surface area contributed by atoms with Gasteiger partial charge in [0.1, 0.15) is 0 Å². The zero-order valence-electron chi connectivity index (χ0n) is 11.3. The number of nitrogens with zero attached hydrogens (tertiary/aromatic N) is 1. The first-order valence-electron chi connectivity index (χ1n) is 6.07. The number of amides is 2. The third kappa shape index (κ3) is 5.72. The molecule has 0 aliphatic carbocycles. The van der Waals surface area contributed by atoms with E-state index in [4.69, 9.17) is 5.11 Å². The minimum absolute atomic E-state index is 0.0498. The van der Waals surface area contributed by atoms with Crippen LogP contribution in [-0.4, -0.2) is 35.6 Å². The molecule has 1 aromatic rings. The molecular formula is C13H15F3N2O3. The van der Waals surface area contributed by atoms with E-state index in [1.807, 2.05) is 0 Å². The number of carboxylic acids is 1. The van der Waals surface area contributed by atoms with Crippen LogP contribution < -0.4 is 5.32 Å². The number of rotatable bonds is 5. The van der Waals surface area contributed by atoms with Gasteiger partial charge in [-0.25, -0.2) is 4.79 Å². The van der Waals surface area contributed by atoms with Gasteiger partial charge in [-0.3, -0.25) is 4.79 Å². The molecule has 2 amide bonds. The van der Waals surface area contributed by atoms with Crippen molar-refractivity contribution in [2.45, 2.75) is 19.1 Å². The van der Waals surface area contributed by atoms with Crippen LogP contribution in [0.5, 0.6) is 0 Å². The predicted octanol–water partition coefficient (Wildman–Crippen LogP) is 2.32. The summed E-state index contributed by atoms with van der Waals surface area (Å²) in [6.45, 7) is 0.114. The summed E-state index contributed by atoms with van der Waals surface area (Å²) in [5, 5.41) is 11.0. The molecule has 0 aliphatic heterocycles. The Morgan fingerprint density at radius 2 is 1.81 bits per heavy atom. The number of carbonyl (C=O) groups excluding carboxylic acids is 1. The van der Waals surface area contributed by atoms with Crippen molar-refractivity contribution in [1.82, 2.24) is 10.2 Å². The van der Waals surface area contributed by atoms with Crippen LogP contribution in [0.25, 0.3) is 0 Å². The maximum atomic E-state index is 12.4. The summed E-state index contributed by atoms with van der Waals surface area (Å²) >= 11 is 0. The summed E-state index contributed by atoms with van der Waals surface area (Å²) in [7, 11) is 1.44. The summed E-state index contributed by atoms with van der Waals surface area (Å²) in [6, 6.07) is 3.95. The van der Waals surface area contributed by atoms with E-state index in [-0.39, 0.29) is 19.5 Å². The lowest BCUT2D eigenvalue weighted by atomic mass is 10.1. The lowest BCUT2D eigenvalue weighted by Crippen LogP contribution is -2.37. The molecule has 0 aromatic heterocycles. The van der Waals surface area contributed by atoms with E-state index >= 15 is 0 Å². The van der Waals surface area contributed by atoms with Gasteiger partial charge in [0.05, 0.1) is 12.0 Å². The molecule has 5 nitrogen and oxygen atoms in total. The number of carbonyl (C=O) groups is 2. The summed E-state index contributed by atoms with van der Waals surface area (Å²) in [6.07, 6.45) is -4.57. The van der Waals surface area contributed by atoms with Gasteiger partial charge in [0.2, 0.25) is 0 Å². The maximum absolute atomic E-state index is 12.4. The molecule has 1 aromatic carbocycles. The van der Waals surface area contributed by atoms with E-state index in [9.17, 15) is 22.8 Å². The van der Waals surface area contributed by atoms with Crippen molar-refractivity contribution in [2.75, 3.05) is 13.6 Å². The van der Waals surface area contributed by atoms with Crippen LogP contribution in [0.1, 0.15) is 17.5 Å². The van der Waals surface area contributed by atoms with Crippen LogP contribution in [0.3, 0.4) is 0 Å². The van der Waals surface area contributed by atoms with Gasteiger partial charge in [0.15, 0.2) is 0 Å². The molecule has 116 valence electrons. The second-order valence-corrected chi connectivity index (χ2v) is 4.42. The Balaban J connectivity index is 2.48. The monoisotopic (exact) mass is 304 g/mol. The summed E-state index contributed by atoms with van der Waals surface area (Å²) in [5.74, 6) is -1.02. The second-order valence-electron chi connectivity index (χ2n) is 4.42. The van der Waals surface area contributed by atoms with Crippen molar-refractivity contribution in [2.24, 2.45) is 0 Å². The number of hydrogen-bond acceptors (Lipinski definition) is 2. The molecule has 21 heavy (non-hydrogen) atoms. The molecule has 0 heterocycles. The SMILES string of the molecule is CN(CCC(=O)O)C(=O)NCc1ccc(C(F)(F)F)cc1. The Kier molecular flexibility index (Phi) is 5.57. The van der Waals surface area contributed by atoms with Crippen LogP contribution in [0.15, 0.2) is 24.3 Å². The third-order valence-electron chi connectivity index (χ3n) is 2.73. The molecule has 0 unspecified atom stereocenters. The van der Waals surface area contributed by atoms with Gasteiger partial charge in [-0.2, -0.15) is 13.2 Å². The number of benzene rings is 1. The quantitative estimate of drug-likeness (QED) is 0.877. The van der Waals surface area contributed by atoms with Crippen molar-refractivity contribution in [1.29, 1.82) is 0 Å². The van der Waals surface area contributed by atoms with Gasteiger partial charge in [0.25, 0.3) is 0 Å². The van der Waals surface area contributed by atoms with Gasteiger partial charge >= 0.3 is 18.2 Å². The van der Waals surface area contributed by atoms with Crippen LogP contribution in [0.2, 0.25) is 0 Å². The van der Waals surface area contributed by atoms with E-state index in [1.165, 1.54) is 24.1 Å². The molecule has 0 radical (unpaired) electrons. The van der Waals surface area contributed by atoms with Gasteiger partial charge in [-0.05, 0) is 17.7 Å². The lowest BCUT2D eigenvalue weighted by molar-refractivity contribution is -0.138. The molecule has 0 saturated carbocycles. The van der Waals surface area contributed by atoms with Crippen LogP contribution in [0.4, 0.5) is 18.0 Å². The van der Waals surface area contributed by atoms with E-state index < -0.39 is 23.7 Å². The Labute approximate surface area is 119 Å². The molecule has 1 rings (SSSR count). The number of hydrogen-bond donors (Lipinski definition) is 2. The first-order valence-corrected chi connectivity index (χ1v) is 6.07. The third-order valence-corrected chi connectivity index (χ3v) is 2.73. The second kappa shape index (κ2) is 6.96. The number of alkyl halides is 3. The highest BCUT2D eigenvalue weighted by molar-refractivity contribution is 5.75. The Hall–Kier alpha value is -2.25. The zero-order valence-corrected chi connectivity index (χ0v) is 11.3. The number of carboxylic acid groups (broad SMARTS) is 1. The average molecular weight is 304 g/mol. The van der Waals surface area contributed by atoms with Crippen molar-refractivity contribution in [3.05, 3.63) is 35.4 Å². The summed E-state index contributed by atoms with van der Waals surface area (Å²) in [4.78, 5) is 23.2. The first kappa shape index (κ1) is 16.8. The van der Waals surface area contributed by atoms with Crippen molar-refractivity contribution in [3.8, 4) is 0 Å². The molecule has 0 bridgehead atoms. The fraction of sp³-hybridized carbons (Fsp3) is 0.385. The lowest BCUT2D eigenvalue weighted by Gasteiger charge is -2.17. The van der Waals surface area contributed by atoms with Crippen molar-refractivity contribution in [3.63, 3.8) is 0 Å². The number of aliphatic carboxylic acids is 1. The molecule has 0 atom stereocenters. The maximum Gasteiger partial charge on any atom is 0.416 e. The smallest absolute Gasteiger partial charge is 0.416 e. The normalized spacial score (nSPS) is 11.0. The minimum atomic E-state index is -4.39. The predicted molar refractivity (Wildman–Crippen MR) is 68.6 cm³/mol. The number of nitrogens with one attached hydrogen (secondary N) is 1. The van der Waals surface area contributed by atoms with Gasteiger partial charge in [-0.15, -0.1) is 0 Å². The zero-order chi connectivity index (χ0) is 16.0. The fourth-order valence-corrected chi connectivity index (χ4v) is 1.49. The van der Waals surface area contributed by atoms with E-state index in [1.54, 1.807) is 0 Å². The first-order chi connectivity index (χ1) is 9.70. The van der Waals surface area contributed by atoms with Gasteiger partial charge < -0.3 is 15.3 Å². The van der Waals surface area contributed by atoms with Crippen molar-refractivity contribution >= 4 is 12.0 Å². The minimum Gasteiger partial charge on any atom is -0.481 e. The summed E-state index contributed by atoms with van der Waals surface area (Å²) < 4.78 is 37.1. The molecule has 0 spiro atoms. The fourth-order valence-electron chi connectivity index (χ4n) is 1.49. The molecule has 0 fully saturated rings. The van der Waals surface area contributed by atoms with E-state index in [0.29, 0.717) is 5.56 Å². The largest absolute Gasteiger partial charge is 0.481 e. The Bertz CT molecular complexity index is 500. The van der Waals surface area contributed by atoms with Crippen molar-refractivity contribution < 1.29 is 27.9 Å². The van der Waals surface area contributed by atoms with E-state index in [0.717, 1.165) is 12.1 Å². The van der Waals surface area contributed by atoms with Gasteiger partial charge in [0, 0.05) is 20.1 Å². The number of halogens is 3. The van der Waals surface area contributed by atoms with Crippen LogP contribution >= 0.6 is 0 Å². The molecule has 2 N–H and O–H groups in total. The molecular weight excluding hydrogens is 289 g/mol. The van der Waals surface area contributed by atoms with Gasteiger partial charge in [-0.1, -0.05) is 12.1 Å². The highest BCUT2D eigenvalue weighted by atomic mass is 19.4. The molecule has 8 heteroatoms. The molecule has 0 aliphatic rings. The number of urea groups is 1. The van der Waals surface area contributed by atoms with E-state index in [2.05, 4.69) is 5.32 Å². The Morgan fingerprint density at radius 1 is 1.24 bits per heavy atom. The van der Waals surface area contributed by atoms with Crippen LogP contribution in [0, 0.1) is 0 Å². The highest BCUT2D eigenvalue weighted by Gasteiger charge is 2.29. The highest BCUT2D eigenvalue weighted by Crippen LogP contribution is 2.28. The molecule has 0 saturated heterocycles. The summed E-state index contributed by atoms with van der Waals surface area (Å²) in [5.41, 5.74) is -0.237.